The highest BCUT2D eigenvalue weighted by Crippen LogP contribution is 2.30. The third-order valence-electron chi connectivity index (χ3n) is 2.89. The van der Waals surface area contributed by atoms with Crippen molar-refractivity contribution in [1.82, 2.24) is 0 Å². The van der Waals surface area contributed by atoms with Gasteiger partial charge in [-0.05, 0) is 18.9 Å². The number of aliphatic hydroxyl groups is 1. The summed E-state index contributed by atoms with van der Waals surface area (Å²) in [6.45, 7) is 2.02. The largest absolute Gasteiger partial charge is 0.465 e. The average molecular weight is 264 g/mol. The molecule has 0 radical (unpaired) electrons. The predicted molar refractivity (Wildman–Crippen MR) is 67.4 cm³/mol. The van der Waals surface area contributed by atoms with E-state index in [2.05, 4.69) is 4.74 Å². The number of allylic oxidation sites excluding steroid dienone is 3. The third kappa shape index (κ3) is 3.06. The smallest absolute Gasteiger partial charge is 0.377 e. The molecule has 0 saturated heterocycles. The topological polar surface area (TPSA) is 65.0 Å². The van der Waals surface area contributed by atoms with Gasteiger partial charge < -0.3 is 19.3 Å². The van der Waals surface area contributed by atoms with Crippen molar-refractivity contribution in [2.75, 3.05) is 13.7 Å². The molecule has 5 heteroatoms. The zero-order valence-electron chi connectivity index (χ0n) is 10.9. The van der Waals surface area contributed by atoms with Crippen molar-refractivity contribution in [2.24, 2.45) is 5.92 Å². The number of aliphatic hydroxyl groups excluding tert-OH is 1. The summed E-state index contributed by atoms with van der Waals surface area (Å²) in [5.41, 5.74) is 1.92. The zero-order valence-corrected chi connectivity index (χ0v) is 10.9. The summed E-state index contributed by atoms with van der Waals surface area (Å²) < 4.78 is 15.1. The van der Waals surface area contributed by atoms with E-state index in [0.29, 0.717) is 12.2 Å². The number of carbonyl (C=O) groups excluding carboxylic acids is 1. The second kappa shape index (κ2) is 5.75. The summed E-state index contributed by atoms with van der Waals surface area (Å²) in [5, 5.41) is 9.25. The predicted octanol–water partition coefficient (Wildman–Crippen LogP) is 1.77. The molecule has 102 valence electrons. The molecule has 2 aliphatic rings. The lowest BCUT2D eigenvalue weighted by atomic mass is 9.90. The molecule has 0 amide bonds. The monoisotopic (exact) mass is 264 g/mol. The van der Waals surface area contributed by atoms with Crippen LogP contribution >= 0.6 is 0 Å². The SMILES string of the molecule is COC(=O)C1=COC=C(C2=CC(C)=CC(CO)C2)O1. The molecular weight excluding hydrogens is 248 g/mol. The van der Waals surface area contributed by atoms with E-state index >= 15 is 0 Å². The maximum Gasteiger partial charge on any atom is 0.377 e. The Morgan fingerprint density at radius 2 is 2.32 bits per heavy atom. The number of hydrogen-bond acceptors (Lipinski definition) is 5. The molecule has 1 aliphatic carbocycles. The Bertz CT molecular complexity index is 496. The zero-order chi connectivity index (χ0) is 13.8. The van der Waals surface area contributed by atoms with Gasteiger partial charge in [-0.3, -0.25) is 0 Å². The number of hydrogen-bond donors (Lipinski definition) is 1. The summed E-state index contributed by atoms with van der Waals surface area (Å²) in [4.78, 5) is 11.4. The van der Waals surface area contributed by atoms with Gasteiger partial charge in [-0.2, -0.15) is 0 Å². The number of rotatable bonds is 3. The molecule has 0 spiro atoms. The molecule has 0 aromatic carbocycles. The minimum Gasteiger partial charge on any atom is -0.465 e. The van der Waals surface area contributed by atoms with Gasteiger partial charge in [0.1, 0.15) is 12.5 Å². The van der Waals surface area contributed by atoms with Crippen molar-refractivity contribution in [2.45, 2.75) is 13.3 Å². The Balaban J connectivity index is 2.14. The van der Waals surface area contributed by atoms with Crippen LogP contribution in [0.25, 0.3) is 0 Å². The van der Waals surface area contributed by atoms with Gasteiger partial charge in [0.15, 0.2) is 5.76 Å². The van der Waals surface area contributed by atoms with Gasteiger partial charge >= 0.3 is 5.97 Å². The van der Waals surface area contributed by atoms with Gasteiger partial charge in [-0.15, -0.1) is 0 Å². The Hall–Kier alpha value is -2.01. The summed E-state index contributed by atoms with van der Waals surface area (Å²) in [7, 11) is 1.28. The number of esters is 1. The van der Waals surface area contributed by atoms with Crippen molar-refractivity contribution in [3.8, 4) is 0 Å². The molecule has 1 heterocycles. The lowest BCUT2D eigenvalue weighted by Crippen LogP contribution is -2.15. The Morgan fingerprint density at radius 1 is 1.53 bits per heavy atom. The van der Waals surface area contributed by atoms with Crippen LogP contribution in [0.1, 0.15) is 13.3 Å². The lowest BCUT2D eigenvalue weighted by Gasteiger charge is -2.22. The number of methoxy groups -OCH3 is 1. The first-order valence-corrected chi connectivity index (χ1v) is 5.96. The summed E-state index contributed by atoms with van der Waals surface area (Å²) in [5.74, 6) is -0.0626. The summed E-state index contributed by atoms with van der Waals surface area (Å²) >= 11 is 0. The summed E-state index contributed by atoms with van der Waals surface area (Å²) in [6, 6.07) is 0. The first-order valence-electron chi connectivity index (χ1n) is 5.96. The molecule has 1 atom stereocenters. The lowest BCUT2D eigenvalue weighted by molar-refractivity contribution is -0.139. The van der Waals surface area contributed by atoms with E-state index < -0.39 is 5.97 Å². The van der Waals surface area contributed by atoms with E-state index in [1.807, 2.05) is 19.1 Å². The maximum absolute atomic E-state index is 11.4. The molecule has 2 rings (SSSR count). The minimum absolute atomic E-state index is 0.00801. The molecular formula is C14H16O5. The first kappa shape index (κ1) is 13.4. The Kier molecular flexibility index (Phi) is 4.06. The van der Waals surface area contributed by atoms with Crippen LogP contribution in [0.4, 0.5) is 0 Å². The van der Waals surface area contributed by atoms with Gasteiger partial charge in [0.05, 0.1) is 7.11 Å². The van der Waals surface area contributed by atoms with Crippen LogP contribution in [0.3, 0.4) is 0 Å². The second-order valence-electron chi connectivity index (χ2n) is 4.42. The quantitative estimate of drug-likeness (QED) is 0.787. The average Bonchev–Trinajstić information content (AvgIpc) is 2.45. The molecule has 5 nitrogen and oxygen atoms in total. The minimum atomic E-state index is -0.590. The molecule has 1 N–H and O–H groups in total. The fourth-order valence-corrected chi connectivity index (χ4v) is 2.04. The van der Waals surface area contributed by atoms with Gasteiger partial charge in [0.25, 0.3) is 0 Å². The van der Waals surface area contributed by atoms with E-state index in [-0.39, 0.29) is 18.3 Å². The molecule has 19 heavy (non-hydrogen) atoms. The highest BCUT2D eigenvalue weighted by molar-refractivity contribution is 5.86. The fourth-order valence-electron chi connectivity index (χ4n) is 2.04. The highest BCUT2D eigenvalue weighted by Gasteiger charge is 2.23. The van der Waals surface area contributed by atoms with Crippen molar-refractivity contribution in [1.29, 1.82) is 0 Å². The second-order valence-corrected chi connectivity index (χ2v) is 4.42. The van der Waals surface area contributed by atoms with Crippen LogP contribution in [0.2, 0.25) is 0 Å². The summed E-state index contributed by atoms with van der Waals surface area (Å²) in [6.07, 6.45) is 7.22. The van der Waals surface area contributed by atoms with E-state index in [4.69, 9.17) is 9.47 Å². The van der Waals surface area contributed by atoms with Gasteiger partial charge in [-0.25, -0.2) is 4.79 Å². The van der Waals surface area contributed by atoms with Crippen LogP contribution < -0.4 is 0 Å². The van der Waals surface area contributed by atoms with Gasteiger partial charge in [0, 0.05) is 12.5 Å². The maximum atomic E-state index is 11.4. The van der Waals surface area contributed by atoms with E-state index in [1.54, 1.807) is 0 Å². The first-order chi connectivity index (χ1) is 9.13. The third-order valence-corrected chi connectivity index (χ3v) is 2.89. The molecule has 0 aromatic heterocycles. The van der Waals surface area contributed by atoms with Crippen LogP contribution in [0.15, 0.2) is 47.3 Å². The van der Waals surface area contributed by atoms with E-state index in [1.165, 1.54) is 19.6 Å². The Morgan fingerprint density at radius 3 is 3.00 bits per heavy atom. The number of ether oxygens (including phenoxy) is 3. The van der Waals surface area contributed by atoms with E-state index in [0.717, 1.165) is 11.1 Å². The van der Waals surface area contributed by atoms with Crippen molar-refractivity contribution < 1.29 is 24.1 Å². The van der Waals surface area contributed by atoms with Gasteiger partial charge in [0.2, 0.25) is 5.76 Å². The van der Waals surface area contributed by atoms with Crippen LogP contribution in [-0.2, 0) is 19.0 Å². The molecule has 0 bridgehead atoms. The van der Waals surface area contributed by atoms with Crippen LogP contribution in [0.5, 0.6) is 0 Å². The standard InChI is InChI=1S/C14H16O5/c1-9-3-10(6-15)5-11(4-9)12-7-18-8-13(19-12)14(16)17-2/h3-4,7-8,10,15H,5-6H2,1-2H3. The molecule has 0 saturated carbocycles. The normalized spacial score (nSPS) is 22.2. The molecule has 1 unspecified atom stereocenters. The van der Waals surface area contributed by atoms with Crippen molar-refractivity contribution in [3.05, 3.63) is 47.3 Å². The fraction of sp³-hybridized carbons (Fsp3) is 0.357. The van der Waals surface area contributed by atoms with Crippen molar-refractivity contribution >= 4 is 5.97 Å². The highest BCUT2D eigenvalue weighted by atomic mass is 16.6. The van der Waals surface area contributed by atoms with Crippen LogP contribution in [0, 0.1) is 5.92 Å². The number of carbonyl (C=O) groups is 1. The molecule has 0 aromatic rings. The Labute approximate surface area is 111 Å². The van der Waals surface area contributed by atoms with Crippen LogP contribution in [-0.4, -0.2) is 24.8 Å². The molecule has 1 aliphatic heterocycles. The van der Waals surface area contributed by atoms with E-state index in [9.17, 15) is 9.90 Å². The van der Waals surface area contributed by atoms with Gasteiger partial charge in [-0.1, -0.05) is 17.7 Å². The molecule has 0 fully saturated rings. The van der Waals surface area contributed by atoms with Crippen molar-refractivity contribution in [3.63, 3.8) is 0 Å².